The highest BCUT2D eigenvalue weighted by Gasteiger charge is 1.88. The van der Waals surface area contributed by atoms with E-state index in [1.54, 1.807) is 0 Å². The van der Waals surface area contributed by atoms with Gasteiger partial charge in [-0.2, -0.15) is 15.7 Å². The molecule has 0 amide bonds. The lowest BCUT2D eigenvalue weighted by Crippen LogP contribution is -2.00. The molecule has 0 unspecified atom stereocenters. The Morgan fingerprint density at radius 3 is 2.80 bits per heavy atom. The number of nitrogens with zero attached hydrogens (tertiary/aromatic N) is 2. The minimum absolute atomic E-state index is 1.04. The van der Waals surface area contributed by atoms with Crippen LogP contribution >= 0.6 is 0 Å². The molecular formula is C7H15N3. The fourth-order valence-electron chi connectivity index (χ4n) is 0.609. The maximum atomic E-state index is 3.92. The monoisotopic (exact) mass is 141 g/mol. The fraction of sp³-hybridized carbons (Fsp3) is 0.714. The molecule has 0 aliphatic rings. The molecular weight excluding hydrogens is 126 g/mol. The Morgan fingerprint density at radius 1 is 1.60 bits per heavy atom. The van der Waals surface area contributed by atoms with E-state index in [0.717, 1.165) is 12.1 Å². The fourth-order valence-corrected chi connectivity index (χ4v) is 0.609. The molecule has 3 nitrogen and oxygen atoms in total. The SMILES string of the molecule is C=NN/N=C(\C)CCCC. The van der Waals surface area contributed by atoms with Gasteiger partial charge in [-0.05, 0) is 19.8 Å². The molecule has 0 saturated carbocycles. The van der Waals surface area contributed by atoms with Crippen molar-refractivity contribution in [3.8, 4) is 0 Å². The van der Waals surface area contributed by atoms with Gasteiger partial charge in [-0.15, -0.1) is 0 Å². The quantitative estimate of drug-likeness (QED) is 0.459. The smallest absolute Gasteiger partial charge is 0.0368 e. The molecule has 0 aromatic rings. The highest BCUT2D eigenvalue weighted by molar-refractivity contribution is 5.81. The van der Waals surface area contributed by atoms with E-state index in [1.165, 1.54) is 12.8 Å². The number of hydrogen-bond donors (Lipinski definition) is 1. The van der Waals surface area contributed by atoms with Gasteiger partial charge in [-0.1, -0.05) is 13.3 Å². The Hall–Kier alpha value is -0.860. The molecule has 0 rings (SSSR count). The second kappa shape index (κ2) is 6.26. The molecule has 0 fully saturated rings. The molecule has 0 atom stereocenters. The summed E-state index contributed by atoms with van der Waals surface area (Å²) in [7, 11) is 0. The van der Waals surface area contributed by atoms with E-state index in [4.69, 9.17) is 0 Å². The molecule has 0 aromatic heterocycles. The van der Waals surface area contributed by atoms with Crippen LogP contribution in [0.5, 0.6) is 0 Å². The van der Waals surface area contributed by atoms with E-state index in [9.17, 15) is 0 Å². The Morgan fingerprint density at radius 2 is 2.30 bits per heavy atom. The first kappa shape index (κ1) is 9.14. The average molecular weight is 141 g/mol. The van der Waals surface area contributed by atoms with Gasteiger partial charge < -0.3 is 0 Å². The molecule has 0 heterocycles. The minimum atomic E-state index is 1.04. The molecule has 1 N–H and O–H groups in total. The normalized spacial score (nSPS) is 11.2. The Kier molecular flexibility index (Phi) is 5.72. The van der Waals surface area contributed by atoms with Crippen LogP contribution in [-0.2, 0) is 0 Å². The Bertz CT molecular complexity index is 118. The number of unbranched alkanes of at least 4 members (excludes halogenated alkanes) is 1. The van der Waals surface area contributed by atoms with Crippen LogP contribution in [0, 0.1) is 0 Å². The molecule has 0 spiro atoms. The topological polar surface area (TPSA) is 36.8 Å². The van der Waals surface area contributed by atoms with Crippen LogP contribution in [0.2, 0.25) is 0 Å². The van der Waals surface area contributed by atoms with E-state index in [-0.39, 0.29) is 0 Å². The molecule has 0 radical (unpaired) electrons. The minimum Gasteiger partial charge on any atom is -0.199 e. The molecule has 58 valence electrons. The highest BCUT2D eigenvalue weighted by Crippen LogP contribution is 1.95. The van der Waals surface area contributed by atoms with Crippen molar-refractivity contribution >= 4 is 12.4 Å². The second-order valence-corrected chi connectivity index (χ2v) is 2.21. The van der Waals surface area contributed by atoms with Crippen molar-refractivity contribution in [1.29, 1.82) is 0 Å². The van der Waals surface area contributed by atoms with Crippen molar-refractivity contribution in [2.45, 2.75) is 33.1 Å². The van der Waals surface area contributed by atoms with Gasteiger partial charge in [0, 0.05) is 12.4 Å². The second-order valence-electron chi connectivity index (χ2n) is 2.21. The number of hydrogen-bond acceptors (Lipinski definition) is 3. The van der Waals surface area contributed by atoms with Crippen LogP contribution in [0.3, 0.4) is 0 Å². The first-order valence-corrected chi connectivity index (χ1v) is 3.55. The van der Waals surface area contributed by atoms with Crippen molar-refractivity contribution in [3.63, 3.8) is 0 Å². The summed E-state index contributed by atoms with van der Waals surface area (Å²) in [6, 6.07) is 0. The van der Waals surface area contributed by atoms with Crippen LogP contribution in [0.15, 0.2) is 10.2 Å². The van der Waals surface area contributed by atoms with Crippen molar-refractivity contribution in [1.82, 2.24) is 5.53 Å². The zero-order valence-corrected chi connectivity index (χ0v) is 6.72. The number of nitrogens with one attached hydrogen (secondary N) is 1. The van der Waals surface area contributed by atoms with Gasteiger partial charge in [-0.3, -0.25) is 0 Å². The summed E-state index contributed by atoms with van der Waals surface area (Å²) in [5.41, 5.74) is 3.54. The highest BCUT2D eigenvalue weighted by atomic mass is 15.5. The van der Waals surface area contributed by atoms with Crippen LogP contribution in [-0.4, -0.2) is 12.4 Å². The molecule has 0 saturated heterocycles. The van der Waals surface area contributed by atoms with E-state index in [1.807, 2.05) is 6.92 Å². The average Bonchev–Trinajstić information content (AvgIpc) is 1.97. The lowest BCUT2D eigenvalue weighted by atomic mass is 10.2. The van der Waals surface area contributed by atoms with Gasteiger partial charge in [0.15, 0.2) is 0 Å². The largest absolute Gasteiger partial charge is 0.199 e. The van der Waals surface area contributed by atoms with Crippen molar-refractivity contribution < 1.29 is 0 Å². The van der Waals surface area contributed by atoms with Crippen LogP contribution in [0.4, 0.5) is 0 Å². The number of hydrazone groups is 2. The predicted octanol–water partition coefficient (Wildman–Crippen LogP) is 1.76. The van der Waals surface area contributed by atoms with Crippen LogP contribution < -0.4 is 5.53 Å². The summed E-state index contributed by atoms with van der Waals surface area (Å²) in [4.78, 5) is 0. The third-order valence-electron chi connectivity index (χ3n) is 1.20. The first-order chi connectivity index (χ1) is 4.81. The Labute approximate surface area is 62.2 Å². The summed E-state index contributed by atoms with van der Waals surface area (Å²) >= 11 is 0. The zero-order chi connectivity index (χ0) is 7.82. The third-order valence-corrected chi connectivity index (χ3v) is 1.20. The molecule has 10 heavy (non-hydrogen) atoms. The van der Waals surface area contributed by atoms with Gasteiger partial charge in [0.1, 0.15) is 0 Å². The zero-order valence-electron chi connectivity index (χ0n) is 6.72. The lowest BCUT2D eigenvalue weighted by molar-refractivity contribution is 0.784. The molecule has 0 bridgehead atoms. The summed E-state index contributed by atoms with van der Waals surface area (Å²) in [6.45, 7) is 7.38. The van der Waals surface area contributed by atoms with Crippen LogP contribution in [0.25, 0.3) is 0 Å². The maximum Gasteiger partial charge on any atom is 0.0368 e. The third kappa shape index (κ3) is 5.28. The Balaban J connectivity index is 3.38. The maximum absolute atomic E-state index is 3.92. The number of rotatable bonds is 5. The van der Waals surface area contributed by atoms with Gasteiger partial charge in [0.25, 0.3) is 0 Å². The summed E-state index contributed by atoms with van der Waals surface area (Å²) < 4.78 is 0. The van der Waals surface area contributed by atoms with Crippen molar-refractivity contribution in [3.05, 3.63) is 0 Å². The summed E-state index contributed by atoms with van der Waals surface area (Å²) in [6.07, 6.45) is 3.43. The van der Waals surface area contributed by atoms with Gasteiger partial charge >= 0.3 is 0 Å². The molecule has 0 aliphatic heterocycles. The van der Waals surface area contributed by atoms with Crippen molar-refractivity contribution in [2.75, 3.05) is 0 Å². The predicted molar refractivity (Wildman–Crippen MR) is 45.3 cm³/mol. The molecule has 0 aliphatic carbocycles. The van der Waals surface area contributed by atoms with Crippen LogP contribution in [0.1, 0.15) is 33.1 Å². The van der Waals surface area contributed by atoms with E-state index in [2.05, 4.69) is 29.4 Å². The van der Waals surface area contributed by atoms with E-state index >= 15 is 0 Å². The van der Waals surface area contributed by atoms with Gasteiger partial charge in [0.05, 0.1) is 0 Å². The van der Waals surface area contributed by atoms with Gasteiger partial charge in [-0.25, -0.2) is 0 Å². The molecule has 0 aromatic carbocycles. The van der Waals surface area contributed by atoms with E-state index in [0.29, 0.717) is 0 Å². The summed E-state index contributed by atoms with van der Waals surface area (Å²) in [5, 5.41) is 7.31. The first-order valence-electron chi connectivity index (χ1n) is 3.55. The summed E-state index contributed by atoms with van der Waals surface area (Å²) in [5.74, 6) is 0. The van der Waals surface area contributed by atoms with Crippen molar-refractivity contribution in [2.24, 2.45) is 10.2 Å². The molecule has 3 heteroatoms. The lowest BCUT2D eigenvalue weighted by Gasteiger charge is -1.96. The standard InChI is InChI=1S/C7H15N3/c1-4-5-6-7(2)9-10-8-3/h10H,3-6H2,1-2H3/b9-7+. The van der Waals surface area contributed by atoms with E-state index < -0.39 is 0 Å². The van der Waals surface area contributed by atoms with Gasteiger partial charge in [0.2, 0.25) is 0 Å².